The molecule has 0 spiro atoms. The number of carbonyl (C=O) groups is 1. The van der Waals surface area contributed by atoms with Gasteiger partial charge in [-0.1, -0.05) is 0 Å². The van der Waals surface area contributed by atoms with Gasteiger partial charge in [-0.15, -0.1) is 0 Å². The maximum absolute atomic E-state index is 12.1. The molecule has 0 saturated heterocycles. The Morgan fingerprint density at radius 2 is 2.06 bits per heavy atom. The van der Waals surface area contributed by atoms with Crippen molar-refractivity contribution >= 4 is 50.1 Å². The molecule has 0 saturated carbocycles. The van der Waals surface area contributed by atoms with Gasteiger partial charge in [0, 0.05) is 20.8 Å². The second kappa shape index (κ2) is 5.44. The van der Waals surface area contributed by atoms with Crippen molar-refractivity contribution in [3.05, 3.63) is 49.8 Å². The zero-order valence-corrected chi connectivity index (χ0v) is 13.7. The summed E-state index contributed by atoms with van der Waals surface area (Å²) in [4.78, 5) is 12.1. The van der Waals surface area contributed by atoms with E-state index >= 15 is 0 Å². The molecule has 0 aliphatic heterocycles. The Morgan fingerprint density at radius 1 is 1.33 bits per heavy atom. The second-order valence-corrected chi connectivity index (χ2v) is 6.10. The summed E-state index contributed by atoms with van der Waals surface area (Å²) in [6.45, 7) is 1.97. The molecule has 2 rings (SSSR count). The van der Waals surface area contributed by atoms with E-state index in [0.29, 0.717) is 5.69 Å². The second-order valence-electron chi connectivity index (χ2n) is 4.00. The Balaban J connectivity index is 2.24. The molecule has 0 bridgehead atoms. The Labute approximate surface area is 128 Å². The summed E-state index contributed by atoms with van der Waals surface area (Å²) in [5.41, 5.74) is 2.49. The summed E-state index contributed by atoms with van der Waals surface area (Å²) in [6.07, 6.45) is 0. The van der Waals surface area contributed by atoms with E-state index < -0.39 is 0 Å². The van der Waals surface area contributed by atoms with Crippen LogP contribution in [0.2, 0.25) is 0 Å². The van der Waals surface area contributed by atoms with Crippen LogP contribution in [-0.2, 0) is 7.05 Å². The average Bonchev–Trinajstić information content (AvgIpc) is 2.64. The van der Waals surface area contributed by atoms with E-state index in [4.69, 9.17) is 0 Å². The number of nitrogens with one attached hydrogen (secondary N) is 1. The third kappa shape index (κ3) is 2.77. The van der Waals surface area contributed by atoms with Crippen molar-refractivity contribution in [2.24, 2.45) is 7.05 Å². The molecule has 0 aliphatic carbocycles. The van der Waals surface area contributed by atoms with E-state index in [9.17, 15) is 4.79 Å². The molecule has 1 aromatic carbocycles. The lowest BCUT2D eigenvalue weighted by Crippen LogP contribution is -2.16. The fourth-order valence-corrected chi connectivity index (χ4v) is 3.02. The van der Waals surface area contributed by atoms with Crippen LogP contribution in [0.25, 0.3) is 0 Å². The lowest BCUT2D eigenvalue weighted by molar-refractivity contribution is 0.101. The number of nitrogens with zero attached hydrogens (tertiary/aromatic N) is 1. The van der Waals surface area contributed by atoms with Gasteiger partial charge in [-0.25, -0.2) is 0 Å². The molecule has 3 nitrogen and oxygen atoms in total. The van der Waals surface area contributed by atoms with Crippen LogP contribution < -0.4 is 5.32 Å². The molecular formula is C13H12BrIN2O. The lowest BCUT2D eigenvalue weighted by atomic mass is 10.3. The number of aryl methyl sites for hydroxylation is 1. The van der Waals surface area contributed by atoms with E-state index in [1.54, 1.807) is 0 Å². The Kier molecular flexibility index (Phi) is 4.11. The maximum atomic E-state index is 12.1. The number of aromatic nitrogens is 1. The van der Waals surface area contributed by atoms with Crippen LogP contribution in [-0.4, -0.2) is 10.5 Å². The molecule has 0 unspecified atom stereocenters. The molecule has 2 aromatic rings. The molecule has 1 amide bonds. The summed E-state index contributed by atoms with van der Waals surface area (Å²) in [7, 11) is 1.88. The smallest absolute Gasteiger partial charge is 0.272 e. The normalized spacial score (nSPS) is 10.4. The molecule has 1 aromatic heterocycles. The van der Waals surface area contributed by atoms with Crippen molar-refractivity contribution < 1.29 is 4.79 Å². The van der Waals surface area contributed by atoms with Crippen molar-refractivity contribution in [3.8, 4) is 0 Å². The van der Waals surface area contributed by atoms with Crippen LogP contribution in [0.3, 0.4) is 0 Å². The van der Waals surface area contributed by atoms with Gasteiger partial charge in [-0.2, -0.15) is 0 Å². The molecule has 18 heavy (non-hydrogen) atoms. The third-order valence-electron chi connectivity index (χ3n) is 2.78. The van der Waals surface area contributed by atoms with Crippen molar-refractivity contribution in [1.29, 1.82) is 0 Å². The number of rotatable bonds is 2. The molecule has 0 aliphatic rings. The Hall–Kier alpha value is -0.820. The molecule has 5 heteroatoms. The molecule has 94 valence electrons. The minimum Gasteiger partial charge on any atom is -0.344 e. The number of amides is 1. The predicted octanol–water partition coefficient (Wildman–Crippen LogP) is 3.95. The standard InChI is InChI=1S/C13H12BrIN2O/c1-8-3-6-12(17(8)2)13(18)16-11-5-4-9(15)7-10(11)14/h3-7H,1-2H3,(H,16,18). The molecule has 0 fully saturated rings. The first-order chi connectivity index (χ1) is 8.49. The third-order valence-corrected chi connectivity index (χ3v) is 4.11. The van der Waals surface area contributed by atoms with Gasteiger partial charge >= 0.3 is 0 Å². The van der Waals surface area contributed by atoms with Crippen LogP contribution >= 0.6 is 38.5 Å². The highest BCUT2D eigenvalue weighted by molar-refractivity contribution is 14.1. The molecule has 0 radical (unpaired) electrons. The summed E-state index contributed by atoms with van der Waals surface area (Å²) in [5.74, 6) is -0.104. The number of benzene rings is 1. The molecule has 0 atom stereocenters. The van der Waals surface area contributed by atoms with E-state index in [1.807, 2.05) is 48.9 Å². The zero-order chi connectivity index (χ0) is 13.3. The zero-order valence-electron chi connectivity index (χ0n) is 10.00. The SMILES string of the molecule is Cc1ccc(C(=O)Nc2ccc(I)cc2Br)n1C. The predicted molar refractivity (Wildman–Crippen MR) is 85.0 cm³/mol. The highest BCUT2D eigenvalue weighted by Gasteiger charge is 2.12. The van der Waals surface area contributed by atoms with Gasteiger partial charge in [0.2, 0.25) is 0 Å². The quantitative estimate of drug-likeness (QED) is 0.736. The van der Waals surface area contributed by atoms with Crippen LogP contribution in [0.15, 0.2) is 34.8 Å². The molecule has 1 heterocycles. The first-order valence-corrected chi connectivity index (χ1v) is 7.25. The van der Waals surface area contributed by atoms with Gasteiger partial charge in [0.05, 0.1) is 5.69 Å². The monoisotopic (exact) mass is 418 g/mol. The molecule has 1 N–H and O–H groups in total. The van der Waals surface area contributed by atoms with E-state index in [-0.39, 0.29) is 5.91 Å². The number of carbonyl (C=O) groups excluding carboxylic acids is 1. The molecular weight excluding hydrogens is 407 g/mol. The van der Waals surface area contributed by atoms with Crippen molar-refractivity contribution in [2.75, 3.05) is 5.32 Å². The summed E-state index contributed by atoms with van der Waals surface area (Å²) >= 11 is 5.67. The van der Waals surface area contributed by atoms with Crippen LogP contribution in [0, 0.1) is 10.5 Å². The van der Waals surface area contributed by atoms with Crippen molar-refractivity contribution in [1.82, 2.24) is 4.57 Å². The topological polar surface area (TPSA) is 34.0 Å². The van der Waals surface area contributed by atoms with E-state index in [1.165, 1.54) is 0 Å². The summed E-state index contributed by atoms with van der Waals surface area (Å²) < 4.78 is 3.87. The van der Waals surface area contributed by atoms with Crippen LogP contribution in [0.1, 0.15) is 16.2 Å². The van der Waals surface area contributed by atoms with Gasteiger partial charge in [0.15, 0.2) is 0 Å². The van der Waals surface area contributed by atoms with Crippen molar-refractivity contribution in [3.63, 3.8) is 0 Å². The lowest BCUT2D eigenvalue weighted by Gasteiger charge is -2.09. The Bertz CT molecular complexity index is 607. The minimum atomic E-state index is -0.104. The maximum Gasteiger partial charge on any atom is 0.272 e. The average molecular weight is 419 g/mol. The highest BCUT2D eigenvalue weighted by atomic mass is 127. The largest absolute Gasteiger partial charge is 0.344 e. The number of anilines is 1. The number of hydrogen-bond acceptors (Lipinski definition) is 1. The van der Waals surface area contributed by atoms with Gasteiger partial charge in [0.25, 0.3) is 5.91 Å². The fourth-order valence-electron chi connectivity index (χ4n) is 1.62. The van der Waals surface area contributed by atoms with Gasteiger partial charge < -0.3 is 9.88 Å². The first kappa shape index (κ1) is 13.6. The van der Waals surface area contributed by atoms with Crippen LogP contribution in [0.5, 0.6) is 0 Å². The van der Waals surface area contributed by atoms with Gasteiger partial charge in [-0.3, -0.25) is 4.79 Å². The van der Waals surface area contributed by atoms with E-state index in [0.717, 1.165) is 19.4 Å². The Morgan fingerprint density at radius 3 is 2.61 bits per heavy atom. The van der Waals surface area contributed by atoms with Gasteiger partial charge in [-0.05, 0) is 75.8 Å². The van der Waals surface area contributed by atoms with Crippen LogP contribution in [0.4, 0.5) is 5.69 Å². The van der Waals surface area contributed by atoms with Gasteiger partial charge in [0.1, 0.15) is 5.69 Å². The number of hydrogen-bond donors (Lipinski definition) is 1. The first-order valence-electron chi connectivity index (χ1n) is 5.38. The number of halogens is 2. The van der Waals surface area contributed by atoms with Crippen molar-refractivity contribution in [2.45, 2.75) is 6.92 Å². The fraction of sp³-hybridized carbons (Fsp3) is 0.154. The minimum absolute atomic E-state index is 0.104. The highest BCUT2D eigenvalue weighted by Crippen LogP contribution is 2.25. The van der Waals surface area contributed by atoms with E-state index in [2.05, 4.69) is 43.8 Å². The summed E-state index contributed by atoms with van der Waals surface area (Å²) in [5, 5.41) is 2.90. The summed E-state index contributed by atoms with van der Waals surface area (Å²) in [6, 6.07) is 9.56.